The van der Waals surface area contributed by atoms with Gasteiger partial charge in [0.05, 0.1) is 33.8 Å². The molecule has 2 N–H and O–H groups in total. The lowest BCUT2D eigenvalue weighted by Gasteiger charge is -2.33. The van der Waals surface area contributed by atoms with Crippen LogP contribution >= 0.6 is 11.6 Å². The molecule has 1 aliphatic rings. The summed E-state index contributed by atoms with van der Waals surface area (Å²) in [6.45, 7) is 12.6. The van der Waals surface area contributed by atoms with Crippen molar-refractivity contribution in [2.24, 2.45) is 0 Å². The second-order valence-electron chi connectivity index (χ2n) is 12.1. The van der Waals surface area contributed by atoms with E-state index in [2.05, 4.69) is 74.9 Å². The number of hydrogen-bond acceptors (Lipinski definition) is 8. The van der Waals surface area contributed by atoms with E-state index >= 15 is 0 Å². The fraction of sp³-hybridized carbons (Fsp3) is 0.371. The molecule has 10 heteroatoms. The molecule has 1 aliphatic heterocycles. The number of halogens is 1. The van der Waals surface area contributed by atoms with E-state index in [9.17, 15) is 8.42 Å². The Labute approximate surface area is 272 Å². The van der Waals surface area contributed by atoms with E-state index in [1.807, 2.05) is 13.8 Å². The van der Waals surface area contributed by atoms with Gasteiger partial charge in [-0.3, -0.25) is 4.90 Å². The average Bonchev–Trinajstić information content (AvgIpc) is 3.01. The molecule has 1 aromatic heterocycles. The summed E-state index contributed by atoms with van der Waals surface area (Å²) >= 11 is 6.47. The first-order valence-electron chi connectivity index (χ1n) is 15.5. The molecule has 5 rings (SSSR count). The normalized spacial score (nSPS) is 14.6. The molecular weight excluding hydrogens is 606 g/mol. The summed E-state index contributed by atoms with van der Waals surface area (Å²) in [5, 5.41) is 6.13. The Morgan fingerprint density at radius 1 is 0.956 bits per heavy atom. The second-order valence-corrected chi connectivity index (χ2v) is 15.0. The largest absolute Gasteiger partial charge is 0.489 e. The molecule has 238 valence electrons. The van der Waals surface area contributed by atoms with Crippen molar-refractivity contribution >= 4 is 44.6 Å². The zero-order chi connectivity index (χ0) is 32.1. The number of piperidine rings is 1. The van der Waals surface area contributed by atoms with Crippen LogP contribution in [-0.4, -0.2) is 47.7 Å². The molecule has 45 heavy (non-hydrogen) atoms. The predicted molar refractivity (Wildman–Crippen MR) is 183 cm³/mol. The number of ether oxygens (including phenoxy) is 1. The van der Waals surface area contributed by atoms with Crippen LogP contribution in [0.25, 0.3) is 0 Å². The summed E-state index contributed by atoms with van der Waals surface area (Å²) in [7, 11) is -3.54. The van der Waals surface area contributed by atoms with Gasteiger partial charge in [0.25, 0.3) is 0 Å². The van der Waals surface area contributed by atoms with E-state index in [1.54, 1.807) is 38.1 Å². The van der Waals surface area contributed by atoms with E-state index in [1.165, 1.54) is 22.9 Å². The highest BCUT2D eigenvalue weighted by molar-refractivity contribution is 7.92. The number of sulfone groups is 1. The molecule has 0 saturated carbocycles. The van der Waals surface area contributed by atoms with Gasteiger partial charge >= 0.3 is 0 Å². The van der Waals surface area contributed by atoms with Crippen molar-refractivity contribution < 1.29 is 13.2 Å². The molecule has 0 spiro atoms. The van der Waals surface area contributed by atoms with Crippen LogP contribution in [0.2, 0.25) is 5.02 Å². The molecule has 0 amide bonds. The zero-order valence-corrected chi connectivity index (χ0v) is 28.1. The molecule has 0 radical (unpaired) electrons. The number of nitrogens with zero attached hydrogens (tertiary/aromatic N) is 3. The van der Waals surface area contributed by atoms with Gasteiger partial charge in [-0.2, -0.15) is 4.98 Å². The van der Waals surface area contributed by atoms with Crippen molar-refractivity contribution in [3.63, 3.8) is 0 Å². The van der Waals surface area contributed by atoms with Crippen LogP contribution in [0.1, 0.15) is 63.1 Å². The van der Waals surface area contributed by atoms with Gasteiger partial charge in [0.15, 0.2) is 15.7 Å². The standard InChI is InChI=1S/C35H42ClN5O3S/c1-23(2)44-32-20-28(27-15-17-41(18-16-27)22-26-11-7-6-8-12-26)25(5)19-31(32)39-35-37-21-29(36)34(40-35)38-30-13-9-10-14-33(30)45(42,43)24(3)4/h6-14,19-21,23-24,27H,15-18,22H2,1-5H3,(H2,37,38,39,40). The van der Waals surface area contributed by atoms with Crippen molar-refractivity contribution in [2.75, 3.05) is 23.7 Å². The highest BCUT2D eigenvalue weighted by atomic mass is 35.5. The lowest BCUT2D eigenvalue weighted by atomic mass is 9.86. The minimum atomic E-state index is -3.54. The summed E-state index contributed by atoms with van der Waals surface area (Å²) in [5.41, 5.74) is 4.98. The number of nitrogens with one attached hydrogen (secondary N) is 2. The summed E-state index contributed by atoms with van der Waals surface area (Å²) in [6.07, 6.45) is 3.64. The van der Waals surface area contributed by atoms with Gasteiger partial charge in [-0.1, -0.05) is 54.1 Å². The minimum Gasteiger partial charge on any atom is -0.489 e. The van der Waals surface area contributed by atoms with Gasteiger partial charge in [0.2, 0.25) is 5.95 Å². The second kappa shape index (κ2) is 14.2. The molecule has 0 unspecified atom stereocenters. The molecule has 0 aliphatic carbocycles. The van der Waals surface area contributed by atoms with E-state index in [0.29, 0.717) is 23.4 Å². The van der Waals surface area contributed by atoms with Crippen molar-refractivity contribution in [1.82, 2.24) is 14.9 Å². The third kappa shape index (κ3) is 7.95. The lowest BCUT2D eigenvalue weighted by molar-refractivity contribution is 0.204. The van der Waals surface area contributed by atoms with Crippen molar-refractivity contribution in [3.05, 3.63) is 94.6 Å². The average molecular weight is 648 g/mol. The Morgan fingerprint density at radius 2 is 1.64 bits per heavy atom. The van der Waals surface area contributed by atoms with Crippen molar-refractivity contribution in [3.8, 4) is 5.75 Å². The number of para-hydroxylation sites is 1. The number of benzene rings is 3. The summed E-state index contributed by atoms with van der Waals surface area (Å²) in [6, 6.07) is 21.7. The quantitative estimate of drug-likeness (QED) is 0.168. The molecule has 0 bridgehead atoms. The third-order valence-electron chi connectivity index (χ3n) is 8.07. The van der Waals surface area contributed by atoms with Crippen LogP contribution in [0.15, 0.2) is 77.8 Å². The monoisotopic (exact) mass is 647 g/mol. The molecule has 3 aromatic carbocycles. The first-order chi connectivity index (χ1) is 21.5. The van der Waals surface area contributed by atoms with E-state index in [-0.39, 0.29) is 16.0 Å². The summed E-state index contributed by atoms with van der Waals surface area (Å²) < 4.78 is 32.3. The number of likely N-dealkylation sites (tertiary alicyclic amines) is 1. The number of aryl methyl sites for hydroxylation is 1. The maximum Gasteiger partial charge on any atom is 0.229 e. The van der Waals surface area contributed by atoms with Crippen molar-refractivity contribution in [2.45, 2.75) is 76.2 Å². The SMILES string of the molecule is Cc1cc(Nc2ncc(Cl)c(Nc3ccccc3S(=O)(=O)C(C)C)n2)c(OC(C)C)cc1C1CCN(Cc2ccccc2)CC1. The maximum atomic E-state index is 13.0. The molecule has 2 heterocycles. The number of rotatable bonds is 11. The van der Waals surface area contributed by atoms with Gasteiger partial charge in [0.1, 0.15) is 10.8 Å². The minimum absolute atomic E-state index is 0.0309. The van der Waals surface area contributed by atoms with Crippen LogP contribution in [0, 0.1) is 6.92 Å². The van der Waals surface area contributed by atoms with Crippen LogP contribution in [-0.2, 0) is 16.4 Å². The zero-order valence-electron chi connectivity index (χ0n) is 26.5. The Balaban J connectivity index is 1.36. The Bertz CT molecular complexity index is 1720. The third-order valence-corrected chi connectivity index (χ3v) is 10.6. The molecule has 0 atom stereocenters. The predicted octanol–water partition coefficient (Wildman–Crippen LogP) is 8.27. The lowest BCUT2D eigenvalue weighted by Crippen LogP contribution is -2.32. The molecular formula is C35H42ClN5O3S. The molecule has 1 fully saturated rings. The maximum absolute atomic E-state index is 13.0. The number of aromatic nitrogens is 2. The van der Waals surface area contributed by atoms with Gasteiger partial charge in [-0.15, -0.1) is 0 Å². The van der Waals surface area contributed by atoms with Gasteiger partial charge in [-0.25, -0.2) is 13.4 Å². The van der Waals surface area contributed by atoms with Crippen LogP contribution in [0.4, 0.5) is 23.1 Å². The van der Waals surface area contributed by atoms with E-state index in [0.717, 1.165) is 43.9 Å². The Hall–Kier alpha value is -3.66. The molecule has 8 nitrogen and oxygen atoms in total. The van der Waals surface area contributed by atoms with Crippen LogP contribution < -0.4 is 15.4 Å². The number of hydrogen-bond donors (Lipinski definition) is 2. The Kier molecular flexibility index (Phi) is 10.3. The van der Waals surface area contributed by atoms with Gasteiger partial charge < -0.3 is 15.4 Å². The van der Waals surface area contributed by atoms with Crippen LogP contribution in [0.3, 0.4) is 0 Å². The van der Waals surface area contributed by atoms with E-state index < -0.39 is 15.1 Å². The number of anilines is 4. The fourth-order valence-electron chi connectivity index (χ4n) is 5.67. The molecule has 4 aromatic rings. The summed E-state index contributed by atoms with van der Waals surface area (Å²) in [4.78, 5) is 11.7. The first-order valence-corrected chi connectivity index (χ1v) is 17.4. The van der Waals surface area contributed by atoms with Crippen LogP contribution in [0.5, 0.6) is 5.75 Å². The Morgan fingerprint density at radius 3 is 2.33 bits per heavy atom. The van der Waals surface area contributed by atoms with E-state index in [4.69, 9.17) is 16.3 Å². The highest BCUT2D eigenvalue weighted by Crippen LogP contribution is 2.38. The van der Waals surface area contributed by atoms with Gasteiger partial charge in [-0.05, 0) is 107 Å². The first kappa shape index (κ1) is 32.7. The van der Waals surface area contributed by atoms with Crippen molar-refractivity contribution in [1.29, 1.82) is 0 Å². The highest BCUT2D eigenvalue weighted by Gasteiger charge is 2.25. The van der Waals surface area contributed by atoms with Gasteiger partial charge in [0, 0.05) is 6.54 Å². The smallest absolute Gasteiger partial charge is 0.229 e. The molecule has 1 saturated heterocycles. The fourth-order valence-corrected chi connectivity index (χ4v) is 7.01. The topological polar surface area (TPSA) is 96.5 Å². The summed E-state index contributed by atoms with van der Waals surface area (Å²) in [5.74, 6) is 1.78.